The molecule has 2 atom stereocenters. The Hall–Kier alpha value is -2.58. The van der Waals surface area contributed by atoms with Gasteiger partial charge in [0.05, 0.1) is 10.9 Å². The fraction of sp³-hybridized carbons (Fsp3) is 0.458. The van der Waals surface area contributed by atoms with E-state index < -0.39 is 10.0 Å². The maximum Gasteiger partial charge on any atom is 0.251 e. The minimum Gasteiger partial charge on any atom is -0.486 e. The zero-order valence-corrected chi connectivity index (χ0v) is 19.4. The monoisotopic (exact) mass is 458 g/mol. The fourth-order valence-corrected chi connectivity index (χ4v) is 6.05. The van der Waals surface area contributed by atoms with Crippen molar-refractivity contribution >= 4 is 15.9 Å². The van der Waals surface area contributed by atoms with E-state index in [1.807, 2.05) is 32.0 Å². The molecule has 172 valence electrons. The van der Waals surface area contributed by atoms with Gasteiger partial charge in [0.15, 0.2) is 11.5 Å². The Morgan fingerprint density at radius 1 is 1.12 bits per heavy atom. The third-order valence-corrected chi connectivity index (χ3v) is 8.14. The molecule has 1 amide bonds. The van der Waals surface area contributed by atoms with Crippen molar-refractivity contribution < 1.29 is 22.7 Å². The molecule has 2 aromatic carbocycles. The molecule has 1 fully saturated rings. The van der Waals surface area contributed by atoms with Crippen LogP contribution in [0.5, 0.6) is 11.5 Å². The van der Waals surface area contributed by atoms with Gasteiger partial charge < -0.3 is 14.8 Å². The Kier molecular flexibility index (Phi) is 6.71. The Morgan fingerprint density at radius 2 is 1.91 bits per heavy atom. The van der Waals surface area contributed by atoms with Crippen molar-refractivity contribution in [1.82, 2.24) is 9.62 Å². The van der Waals surface area contributed by atoms with Gasteiger partial charge >= 0.3 is 0 Å². The molecular weight excluding hydrogens is 428 g/mol. The summed E-state index contributed by atoms with van der Waals surface area (Å²) in [5.41, 5.74) is 1.24. The number of piperidine rings is 1. The van der Waals surface area contributed by atoms with Crippen LogP contribution in [0.2, 0.25) is 0 Å². The largest absolute Gasteiger partial charge is 0.486 e. The second kappa shape index (κ2) is 9.50. The first-order valence-electron chi connectivity index (χ1n) is 11.2. The number of ether oxygens (including phenoxy) is 2. The number of nitrogens with one attached hydrogen (secondary N) is 1. The van der Waals surface area contributed by atoms with Gasteiger partial charge in [-0.15, -0.1) is 0 Å². The maximum absolute atomic E-state index is 13.2. The Balaban J connectivity index is 1.53. The lowest BCUT2D eigenvalue weighted by molar-refractivity contribution is 0.0935. The number of carbonyl (C=O) groups is 1. The molecule has 2 aliphatic rings. The Labute approximate surface area is 189 Å². The van der Waals surface area contributed by atoms with Crippen LogP contribution >= 0.6 is 0 Å². The zero-order chi connectivity index (χ0) is 22.7. The molecule has 7 nitrogen and oxygen atoms in total. The molecule has 8 heteroatoms. The lowest BCUT2D eigenvalue weighted by atomic mass is 10.0. The summed E-state index contributed by atoms with van der Waals surface area (Å²) < 4.78 is 39.1. The molecule has 1 N–H and O–H groups in total. The van der Waals surface area contributed by atoms with Crippen LogP contribution in [0.15, 0.2) is 47.4 Å². The van der Waals surface area contributed by atoms with Gasteiger partial charge in [-0.2, -0.15) is 4.31 Å². The molecule has 2 unspecified atom stereocenters. The van der Waals surface area contributed by atoms with Crippen LogP contribution in [0.3, 0.4) is 0 Å². The normalized spacial score (nSPS) is 19.9. The summed E-state index contributed by atoms with van der Waals surface area (Å²) in [4.78, 5) is 13.2. The maximum atomic E-state index is 13.2. The highest BCUT2D eigenvalue weighted by atomic mass is 32.2. The van der Waals surface area contributed by atoms with Gasteiger partial charge in [0.1, 0.15) is 13.2 Å². The van der Waals surface area contributed by atoms with Gasteiger partial charge in [-0.25, -0.2) is 8.42 Å². The SMILES string of the molecule is CCC(NC(=O)c1cccc(S(=O)(=O)N2CCCCC2C)c1)c1ccc2c(c1)OCCO2. The van der Waals surface area contributed by atoms with Crippen LogP contribution in [0.1, 0.15) is 61.5 Å². The first-order chi connectivity index (χ1) is 15.4. The number of fused-ring (bicyclic) bond motifs is 1. The van der Waals surface area contributed by atoms with Crippen molar-refractivity contribution in [2.24, 2.45) is 0 Å². The van der Waals surface area contributed by atoms with Crippen molar-refractivity contribution in [2.45, 2.75) is 56.5 Å². The quantitative estimate of drug-likeness (QED) is 0.710. The van der Waals surface area contributed by atoms with Crippen molar-refractivity contribution in [2.75, 3.05) is 19.8 Å². The summed E-state index contributed by atoms with van der Waals surface area (Å²) in [6.45, 7) is 5.46. The topological polar surface area (TPSA) is 84.9 Å². The molecule has 0 aromatic heterocycles. The number of nitrogens with zero attached hydrogens (tertiary/aromatic N) is 1. The molecule has 32 heavy (non-hydrogen) atoms. The number of carbonyl (C=O) groups excluding carboxylic acids is 1. The minimum atomic E-state index is -3.64. The van der Waals surface area contributed by atoms with E-state index in [4.69, 9.17) is 9.47 Å². The van der Waals surface area contributed by atoms with Crippen molar-refractivity contribution in [3.8, 4) is 11.5 Å². The fourth-order valence-electron chi connectivity index (χ4n) is 4.30. The summed E-state index contributed by atoms with van der Waals surface area (Å²) in [5, 5.41) is 3.03. The minimum absolute atomic E-state index is 0.0362. The predicted octanol–water partition coefficient (Wildman–Crippen LogP) is 3.90. The van der Waals surface area contributed by atoms with Gasteiger partial charge in [0.25, 0.3) is 5.91 Å². The summed E-state index contributed by atoms with van der Waals surface area (Å²) in [6.07, 6.45) is 3.42. The van der Waals surface area contributed by atoms with Crippen LogP contribution in [-0.2, 0) is 10.0 Å². The third-order valence-electron chi connectivity index (χ3n) is 6.13. The van der Waals surface area contributed by atoms with Gasteiger partial charge in [-0.3, -0.25) is 4.79 Å². The van der Waals surface area contributed by atoms with Crippen LogP contribution in [-0.4, -0.2) is 44.4 Å². The smallest absolute Gasteiger partial charge is 0.251 e. The van der Waals surface area contributed by atoms with Crippen LogP contribution in [0.4, 0.5) is 0 Å². The molecule has 0 spiro atoms. The lowest BCUT2D eigenvalue weighted by Gasteiger charge is -2.32. The van der Waals surface area contributed by atoms with E-state index in [1.54, 1.807) is 22.5 Å². The number of benzene rings is 2. The summed E-state index contributed by atoms with van der Waals surface area (Å²) >= 11 is 0. The average molecular weight is 459 g/mol. The van der Waals surface area contributed by atoms with E-state index in [0.717, 1.165) is 24.8 Å². The highest BCUT2D eigenvalue weighted by Gasteiger charge is 2.31. The third kappa shape index (κ3) is 4.61. The zero-order valence-electron chi connectivity index (χ0n) is 18.5. The Morgan fingerprint density at radius 3 is 2.66 bits per heavy atom. The van der Waals surface area contributed by atoms with E-state index in [1.165, 1.54) is 6.07 Å². The first-order valence-corrected chi connectivity index (χ1v) is 12.7. The van der Waals surface area contributed by atoms with Crippen LogP contribution in [0.25, 0.3) is 0 Å². The number of hydrogen-bond donors (Lipinski definition) is 1. The van der Waals surface area contributed by atoms with Crippen LogP contribution in [0, 0.1) is 0 Å². The van der Waals surface area contributed by atoms with Crippen molar-refractivity contribution in [3.63, 3.8) is 0 Å². The average Bonchev–Trinajstić information content (AvgIpc) is 2.82. The predicted molar refractivity (Wildman–Crippen MR) is 122 cm³/mol. The molecule has 2 heterocycles. The molecule has 0 saturated carbocycles. The summed E-state index contributed by atoms with van der Waals surface area (Å²) in [5.74, 6) is 1.06. The van der Waals surface area contributed by atoms with Gasteiger partial charge in [0.2, 0.25) is 10.0 Å². The summed E-state index contributed by atoms with van der Waals surface area (Å²) in [6, 6.07) is 11.7. The molecule has 0 bridgehead atoms. The van der Waals surface area contributed by atoms with Crippen molar-refractivity contribution in [3.05, 3.63) is 53.6 Å². The van der Waals surface area contributed by atoms with E-state index in [-0.39, 0.29) is 22.9 Å². The standard InChI is InChI=1S/C24H30N2O5S/c1-3-21(18-10-11-22-23(16-18)31-14-13-30-22)25-24(27)19-8-6-9-20(15-19)32(28,29)26-12-5-4-7-17(26)2/h6,8-11,15-17,21H,3-5,7,12-14H2,1-2H3,(H,25,27). The van der Waals surface area contributed by atoms with Gasteiger partial charge in [-0.05, 0) is 62.1 Å². The number of rotatable bonds is 6. The molecule has 0 aliphatic carbocycles. The highest BCUT2D eigenvalue weighted by molar-refractivity contribution is 7.89. The lowest BCUT2D eigenvalue weighted by Crippen LogP contribution is -2.42. The number of hydrogen-bond acceptors (Lipinski definition) is 5. The van der Waals surface area contributed by atoms with Gasteiger partial charge in [0, 0.05) is 18.2 Å². The molecular formula is C24H30N2O5S. The highest BCUT2D eigenvalue weighted by Crippen LogP contribution is 2.33. The van der Waals surface area contributed by atoms with E-state index in [2.05, 4.69) is 5.32 Å². The molecule has 4 rings (SSSR count). The molecule has 1 saturated heterocycles. The Bertz CT molecular complexity index is 1090. The van der Waals surface area contributed by atoms with Crippen molar-refractivity contribution in [1.29, 1.82) is 0 Å². The van der Waals surface area contributed by atoms with E-state index >= 15 is 0 Å². The van der Waals surface area contributed by atoms with E-state index in [9.17, 15) is 13.2 Å². The molecule has 2 aliphatic heterocycles. The second-order valence-corrected chi connectivity index (χ2v) is 10.2. The van der Waals surface area contributed by atoms with E-state index in [0.29, 0.717) is 43.2 Å². The molecule has 2 aromatic rings. The summed E-state index contributed by atoms with van der Waals surface area (Å²) in [7, 11) is -3.64. The van der Waals surface area contributed by atoms with Crippen LogP contribution < -0.4 is 14.8 Å². The first kappa shape index (κ1) is 22.6. The number of amides is 1. The second-order valence-electron chi connectivity index (χ2n) is 8.33. The van der Waals surface area contributed by atoms with Gasteiger partial charge in [-0.1, -0.05) is 25.5 Å². The molecule has 0 radical (unpaired) electrons. The number of sulfonamides is 1.